The van der Waals surface area contributed by atoms with E-state index in [1.807, 2.05) is 6.92 Å². The minimum Gasteiger partial charge on any atom is -0.379 e. The number of nitrogens with zero attached hydrogens (tertiary/aromatic N) is 2. The van der Waals surface area contributed by atoms with Crippen LogP contribution in [0.2, 0.25) is 0 Å². The van der Waals surface area contributed by atoms with Gasteiger partial charge in [-0.25, -0.2) is 9.18 Å². The maximum atomic E-state index is 14.8. The number of aromatic nitrogens is 2. The summed E-state index contributed by atoms with van der Waals surface area (Å²) in [6, 6.07) is 1.71. The predicted molar refractivity (Wildman–Crippen MR) is 117 cm³/mol. The lowest BCUT2D eigenvalue weighted by atomic mass is 9.94. The highest BCUT2D eigenvalue weighted by Crippen LogP contribution is 2.43. The van der Waals surface area contributed by atoms with Gasteiger partial charge in [0, 0.05) is 31.7 Å². The Kier molecular flexibility index (Phi) is 11.1. The number of alkyl halides is 1. The highest BCUT2D eigenvalue weighted by atomic mass is 19.1. The quantitative estimate of drug-likeness (QED) is 0.383. The van der Waals surface area contributed by atoms with Crippen LogP contribution in [-0.2, 0) is 18.9 Å². The van der Waals surface area contributed by atoms with Crippen LogP contribution in [0.3, 0.4) is 0 Å². The van der Waals surface area contributed by atoms with Crippen molar-refractivity contribution in [3.63, 3.8) is 0 Å². The molecular formula is C23H39FN2O5. The fourth-order valence-corrected chi connectivity index (χ4v) is 3.70. The molecule has 1 fully saturated rings. The predicted octanol–water partition coefficient (Wildman–Crippen LogP) is 3.98. The molecule has 2 rings (SSSR count). The first-order valence-electron chi connectivity index (χ1n) is 11.6. The van der Waals surface area contributed by atoms with Gasteiger partial charge < -0.3 is 18.9 Å². The molecule has 0 unspecified atom stereocenters. The first kappa shape index (κ1) is 25.9. The van der Waals surface area contributed by atoms with Gasteiger partial charge in [-0.1, -0.05) is 40.0 Å². The number of halogens is 1. The van der Waals surface area contributed by atoms with Gasteiger partial charge in [-0.05, 0) is 32.3 Å². The zero-order valence-electron chi connectivity index (χ0n) is 19.5. The van der Waals surface area contributed by atoms with Crippen molar-refractivity contribution in [2.45, 2.75) is 90.3 Å². The minimum atomic E-state index is -1.44. The zero-order chi connectivity index (χ0) is 22.7. The molecule has 0 aromatic carbocycles. The van der Waals surface area contributed by atoms with Crippen molar-refractivity contribution in [1.82, 2.24) is 9.55 Å². The van der Waals surface area contributed by atoms with E-state index in [-0.39, 0.29) is 6.61 Å². The summed E-state index contributed by atoms with van der Waals surface area (Å²) in [6.45, 7) is 8.76. The van der Waals surface area contributed by atoms with Crippen LogP contribution in [-0.4, -0.2) is 60.5 Å². The Morgan fingerprint density at radius 2 is 1.81 bits per heavy atom. The molecule has 0 aliphatic carbocycles. The maximum Gasteiger partial charge on any atom is 0.349 e. The van der Waals surface area contributed by atoms with Gasteiger partial charge in [0.1, 0.15) is 18.9 Å². The van der Waals surface area contributed by atoms with E-state index in [9.17, 15) is 9.18 Å². The monoisotopic (exact) mass is 442 g/mol. The Hall–Kier alpha value is -1.35. The summed E-state index contributed by atoms with van der Waals surface area (Å²) in [6.07, 6.45) is 4.78. The van der Waals surface area contributed by atoms with Gasteiger partial charge in [-0.15, -0.1) is 0 Å². The number of ether oxygens (including phenoxy) is 4. The van der Waals surface area contributed by atoms with E-state index in [2.05, 4.69) is 18.8 Å². The Morgan fingerprint density at radius 1 is 1.13 bits per heavy atom. The van der Waals surface area contributed by atoms with Gasteiger partial charge in [-0.3, -0.25) is 4.57 Å². The number of aryl methyl sites for hydroxylation is 1. The third-order valence-electron chi connectivity index (χ3n) is 5.56. The SMILES string of the molecule is CCCCOC[C@H]1O[C@@H](n2ccc(C)nc2=O)[C@](CF)(OCCCC)[C@@H]1OCCCC. The van der Waals surface area contributed by atoms with Gasteiger partial charge in [0.2, 0.25) is 0 Å². The van der Waals surface area contributed by atoms with E-state index in [1.54, 1.807) is 19.2 Å². The molecule has 31 heavy (non-hydrogen) atoms. The van der Waals surface area contributed by atoms with Gasteiger partial charge >= 0.3 is 5.69 Å². The molecule has 1 aromatic heterocycles. The molecule has 0 spiro atoms. The smallest absolute Gasteiger partial charge is 0.349 e. The molecule has 1 saturated heterocycles. The third-order valence-corrected chi connectivity index (χ3v) is 5.56. The van der Waals surface area contributed by atoms with Crippen molar-refractivity contribution in [2.75, 3.05) is 33.1 Å². The number of rotatable bonds is 15. The first-order valence-corrected chi connectivity index (χ1v) is 11.6. The normalized spacial score (nSPS) is 25.9. The van der Waals surface area contributed by atoms with Crippen LogP contribution in [0.15, 0.2) is 17.1 Å². The molecule has 1 aromatic rings. The van der Waals surface area contributed by atoms with Crippen LogP contribution in [0, 0.1) is 6.92 Å². The van der Waals surface area contributed by atoms with E-state index < -0.39 is 36.4 Å². The fraction of sp³-hybridized carbons (Fsp3) is 0.826. The van der Waals surface area contributed by atoms with Crippen LogP contribution in [0.1, 0.15) is 71.2 Å². The van der Waals surface area contributed by atoms with Crippen molar-refractivity contribution < 1.29 is 23.3 Å². The zero-order valence-corrected chi connectivity index (χ0v) is 19.5. The Balaban J connectivity index is 2.39. The fourth-order valence-electron chi connectivity index (χ4n) is 3.70. The summed E-state index contributed by atoms with van der Waals surface area (Å²) in [4.78, 5) is 16.7. The number of unbranched alkanes of at least 4 members (excludes halogenated alkanes) is 3. The summed E-state index contributed by atoms with van der Waals surface area (Å²) >= 11 is 0. The lowest BCUT2D eigenvalue weighted by Gasteiger charge is -2.36. The molecule has 0 radical (unpaired) electrons. The number of hydrogen-bond donors (Lipinski definition) is 0. The van der Waals surface area contributed by atoms with Crippen molar-refractivity contribution in [2.24, 2.45) is 0 Å². The molecule has 0 bridgehead atoms. The summed E-state index contributed by atoms with van der Waals surface area (Å²) < 4.78 is 40.5. The van der Waals surface area contributed by atoms with Crippen LogP contribution >= 0.6 is 0 Å². The summed E-state index contributed by atoms with van der Waals surface area (Å²) in [5, 5.41) is 0. The Morgan fingerprint density at radius 3 is 2.45 bits per heavy atom. The molecule has 0 saturated carbocycles. The maximum absolute atomic E-state index is 14.8. The Bertz CT molecular complexity index is 701. The highest BCUT2D eigenvalue weighted by Gasteiger charge is 2.60. The lowest BCUT2D eigenvalue weighted by Crippen LogP contribution is -2.54. The van der Waals surface area contributed by atoms with Crippen molar-refractivity contribution in [3.8, 4) is 0 Å². The highest BCUT2D eigenvalue weighted by molar-refractivity contribution is 5.07. The van der Waals surface area contributed by atoms with Gasteiger partial charge in [0.15, 0.2) is 11.8 Å². The average Bonchev–Trinajstić information content (AvgIpc) is 3.05. The van der Waals surface area contributed by atoms with Gasteiger partial charge in [0.05, 0.1) is 6.61 Å². The Labute approximate surface area is 185 Å². The van der Waals surface area contributed by atoms with E-state index in [0.29, 0.717) is 25.5 Å². The molecule has 2 heterocycles. The topological polar surface area (TPSA) is 71.8 Å². The molecule has 4 atom stereocenters. The summed E-state index contributed by atoms with van der Waals surface area (Å²) in [5.74, 6) is 0. The van der Waals surface area contributed by atoms with Crippen molar-refractivity contribution in [1.29, 1.82) is 0 Å². The molecule has 8 heteroatoms. The van der Waals surface area contributed by atoms with E-state index in [0.717, 1.165) is 38.5 Å². The van der Waals surface area contributed by atoms with E-state index in [4.69, 9.17) is 18.9 Å². The summed E-state index contributed by atoms with van der Waals surface area (Å²) in [7, 11) is 0. The number of hydrogen-bond acceptors (Lipinski definition) is 6. The second kappa shape index (κ2) is 13.3. The summed E-state index contributed by atoms with van der Waals surface area (Å²) in [5.41, 5.74) is -1.35. The van der Waals surface area contributed by atoms with Crippen LogP contribution in [0.4, 0.5) is 4.39 Å². The molecule has 7 nitrogen and oxygen atoms in total. The van der Waals surface area contributed by atoms with Crippen LogP contribution in [0.25, 0.3) is 0 Å². The minimum absolute atomic E-state index is 0.250. The second-order valence-electron chi connectivity index (χ2n) is 8.15. The largest absolute Gasteiger partial charge is 0.379 e. The molecule has 1 aliphatic heterocycles. The third kappa shape index (κ3) is 6.57. The van der Waals surface area contributed by atoms with E-state index >= 15 is 0 Å². The van der Waals surface area contributed by atoms with Crippen molar-refractivity contribution >= 4 is 0 Å². The van der Waals surface area contributed by atoms with Crippen LogP contribution < -0.4 is 5.69 Å². The van der Waals surface area contributed by atoms with Gasteiger partial charge in [0.25, 0.3) is 0 Å². The molecular weight excluding hydrogens is 403 g/mol. The standard InChI is InChI=1S/C23H39FN2O5/c1-5-8-13-28-16-19-20(29-14-9-6-2)23(17-24,30-15-10-7-3)21(31-19)26-12-11-18(4)25-22(26)27/h11-12,19-21H,5-10,13-17H2,1-4H3/t19-,20-,21-,23-/m1/s1. The second-order valence-corrected chi connectivity index (χ2v) is 8.15. The van der Waals surface area contributed by atoms with E-state index in [1.165, 1.54) is 4.57 Å². The lowest BCUT2D eigenvalue weighted by molar-refractivity contribution is -0.172. The molecule has 1 aliphatic rings. The van der Waals surface area contributed by atoms with Gasteiger partial charge in [-0.2, -0.15) is 4.98 Å². The van der Waals surface area contributed by atoms with Crippen LogP contribution in [0.5, 0.6) is 0 Å². The first-order chi connectivity index (χ1) is 15.0. The van der Waals surface area contributed by atoms with Crippen molar-refractivity contribution in [3.05, 3.63) is 28.4 Å². The average molecular weight is 443 g/mol. The molecule has 178 valence electrons. The molecule has 0 N–H and O–H groups in total. The molecule has 0 amide bonds.